The molecule has 0 spiro atoms. The van der Waals surface area contributed by atoms with E-state index < -0.39 is 11.9 Å². The first-order valence-electron chi connectivity index (χ1n) is 12.4. The maximum atomic E-state index is 13.1. The molecule has 1 aliphatic rings. The monoisotopic (exact) mass is 540 g/mol. The Hall–Kier alpha value is -3.59. The number of aromatic hydroxyl groups is 1. The van der Waals surface area contributed by atoms with E-state index in [-0.39, 0.29) is 41.1 Å². The van der Waals surface area contributed by atoms with Crippen molar-refractivity contribution in [2.24, 2.45) is 5.92 Å². The topological polar surface area (TPSA) is 119 Å². The first-order chi connectivity index (χ1) is 17.8. The number of aliphatic hydroxyl groups is 1. The molecule has 9 heteroatoms. The minimum absolute atomic E-state index is 0. The molecule has 1 aliphatic heterocycles. The van der Waals surface area contributed by atoms with Crippen molar-refractivity contribution >= 4 is 30.0 Å². The van der Waals surface area contributed by atoms with Crippen LogP contribution in [-0.2, 0) is 0 Å². The van der Waals surface area contributed by atoms with Crippen LogP contribution in [-0.4, -0.2) is 64.4 Å². The van der Waals surface area contributed by atoms with Crippen LogP contribution in [0, 0.1) is 5.92 Å². The fourth-order valence-corrected chi connectivity index (χ4v) is 4.57. The highest BCUT2D eigenvalue weighted by Crippen LogP contribution is 2.29. The third kappa shape index (κ3) is 7.25. The van der Waals surface area contributed by atoms with E-state index in [0.29, 0.717) is 24.8 Å². The Kier molecular flexibility index (Phi) is 10.1. The predicted molar refractivity (Wildman–Crippen MR) is 148 cm³/mol. The average Bonchev–Trinajstić information content (AvgIpc) is 2.90. The second kappa shape index (κ2) is 13.3. The molecular formula is C29H33ClN2O6. The van der Waals surface area contributed by atoms with Crippen molar-refractivity contribution in [1.29, 1.82) is 0 Å². The summed E-state index contributed by atoms with van der Waals surface area (Å²) in [4.78, 5) is 27.1. The van der Waals surface area contributed by atoms with Gasteiger partial charge in [-0.15, -0.1) is 12.4 Å². The Morgan fingerprint density at radius 3 is 2.37 bits per heavy atom. The number of likely N-dealkylation sites (tertiary alicyclic amines) is 1. The maximum Gasteiger partial charge on any atom is 0.337 e. The molecule has 0 saturated carbocycles. The lowest BCUT2D eigenvalue weighted by Gasteiger charge is -2.33. The number of amides is 1. The number of aromatic carboxylic acids is 1. The number of hydrogen-bond donors (Lipinski definition) is 4. The van der Waals surface area contributed by atoms with Crippen molar-refractivity contribution in [3.63, 3.8) is 0 Å². The molecule has 202 valence electrons. The zero-order valence-corrected chi connectivity index (χ0v) is 22.0. The maximum absolute atomic E-state index is 13.1. The van der Waals surface area contributed by atoms with Crippen molar-refractivity contribution in [2.45, 2.75) is 25.9 Å². The van der Waals surface area contributed by atoms with Gasteiger partial charge in [0.1, 0.15) is 18.1 Å². The number of ether oxygens (including phenoxy) is 1. The van der Waals surface area contributed by atoms with Crippen LogP contribution < -0.4 is 10.1 Å². The summed E-state index contributed by atoms with van der Waals surface area (Å²) >= 11 is 0. The summed E-state index contributed by atoms with van der Waals surface area (Å²) in [5.74, 6) is -1.28. The van der Waals surface area contributed by atoms with Gasteiger partial charge in [-0.25, -0.2) is 4.79 Å². The minimum atomic E-state index is -1.17. The summed E-state index contributed by atoms with van der Waals surface area (Å²) in [6, 6.07) is 18.6. The summed E-state index contributed by atoms with van der Waals surface area (Å²) in [5.41, 5.74) is 1.68. The number of benzene rings is 3. The molecule has 1 unspecified atom stereocenters. The predicted octanol–water partition coefficient (Wildman–Crippen LogP) is 4.90. The zero-order valence-electron chi connectivity index (χ0n) is 21.2. The molecule has 38 heavy (non-hydrogen) atoms. The SMILES string of the molecule is CC(O)C1CCN(CCOc2ccc(O)c(C(=O)Nc3cc(-c4ccccc4)ccc3C(=O)O)c2)CC1.Cl. The number of carbonyl (C=O) groups excluding carboxylic acids is 1. The van der Waals surface area contributed by atoms with Gasteiger partial charge in [0.2, 0.25) is 0 Å². The third-order valence-corrected chi connectivity index (χ3v) is 6.81. The van der Waals surface area contributed by atoms with Gasteiger partial charge in [0.15, 0.2) is 0 Å². The van der Waals surface area contributed by atoms with Gasteiger partial charge in [0, 0.05) is 6.54 Å². The van der Waals surface area contributed by atoms with Crippen molar-refractivity contribution in [3.8, 4) is 22.6 Å². The van der Waals surface area contributed by atoms with E-state index in [2.05, 4.69) is 10.2 Å². The third-order valence-electron chi connectivity index (χ3n) is 6.81. The number of piperidine rings is 1. The van der Waals surface area contributed by atoms with Gasteiger partial charge >= 0.3 is 5.97 Å². The molecule has 8 nitrogen and oxygen atoms in total. The van der Waals surface area contributed by atoms with Crippen LogP contribution in [0.15, 0.2) is 66.7 Å². The lowest BCUT2D eigenvalue weighted by Crippen LogP contribution is -2.39. The van der Waals surface area contributed by atoms with Crippen LogP contribution in [0.4, 0.5) is 5.69 Å². The number of carboxylic acid groups (broad SMARTS) is 1. The number of anilines is 1. The molecule has 4 N–H and O–H groups in total. The molecule has 0 aromatic heterocycles. The van der Waals surface area contributed by atoms with E-state index in [4.69, 9.17) is 4.74 Å². The van der Waals surface area contributed by atoms with Gasteiger partial charge in [-0.3, -0.25) is 9.69 Å². The van der Waals surface area contributed by atoms with Crippen LogP contribution in [0.3, 0.4) is 0 Å². The molecule has 1 heterocycles. The zero-order chi connectivity index (χ0) is 26.4. The average molecular weight is 541 g/mol. The first kappa shape index (κ1) is 29.0. The summed E-state index contributed by atoms with van der Waals surface area (Å²) in [5, 5.41) is 32.4. The molecule has 4 rings (SSSR count). The van der Waals surface area contributed by atoms with Gasteiger partial charge in [0.25, 0.3) is 5.91 Å². The Bertz CT molecular complexity index is 1240. The number of carboxylic acids is 1. The number of aliphatic hydroxyl groups excluding tert-OH is 1. The quantitative estimate of drug-likeness (QED) is 0.304. The van der Waals surface area contributed by atoms with Crippen molar-refractivity contribution in [3.05, 3.63) is 77.9 Å². The molecule has 3 aromatic rings. The molecule has 1 atom stereocenters. The minimum Gasteiger partial charge on any atom is -0.507 e. The number of phenols is 1. The van der Waals surface area contributed by atoms with Crippen LogP contribution in [0.5, 0.6) is 11.5 Å². The van der Waals surface area contributed by atoms with Crippen LogP contribution >= 0.6 is 12.4 Å². The Morgan fingerprint density at radius 1 is 1.00 bits per heavy atom. The van der Waals surface area contributed by atoms with E-state index in [1.807, 2.05) is 37.3 Å². The van der Waals surface area contributed by atoms with Gasteiger partial charge < -0.3 is 25.4 Å². The number of nitrogens with one attached hydrogen (secondary N) is 1. The number of carbonyl (C=O) groups is 2. The normalized spacial score (nSPS) is 14.8. The van der Waals surface area contributed by atoms with Crippen molar-refractivity contribution < 1.29 is 29.6 Å². The van der Waals surface area contributed by atoms with Crippen LogP contribution in [0.1, 0.15) is 40.5 Å². The molecule has 1 amide bonds. The molecule has 1 saturated heterocycles. The fourth-order valence-electron chi connectivity index (χ4n) is 4.57. The van der Waals surface area contributed by atoms with Gasteiger partial charge in [0.05, 0.1) is 22.9 Å². The van der Waals surface area contributed by atoms with Crippen LogP contribution in [0.25, 0.3) is 11.1 Å². The van der Waals surface area contributed by atoms with Gasteiger partial charge in [-0.1, -0.05) is 36.4 Å². The van der Waals surface area contributed by atoms with E-state index >= 15 is 0 Å². The molecule has 3 aromatic carbocycles. The van der Waals surface area contributed by atoms with E-state index in [1.54, 1.807) is 18.2 Å². The highest BCUT2D eigenvalue weighted by Gasteiger charge is 2.22. The summed E-state index contributed by atoms with van der Waals surface area (Å²) in [6.07, 6.45) is 1.61. The number of rotatable bonds is 9. The molecule has 0 radical (unpaired) electrons. The molecule has 0 aliphatic carbocycles. The fraction of sp³-hybridized carbons (Fsp3) is 0.310. The lowest BCUT2D eigenvalue weighted by molar-refractivity contribution is 0.0671. The summed E-state index contributed by atoms with van der Waals surface area (Å²) in [7, 11) is 0. The lowest BCUT2D eigenvalue weighted by atomic mass is 9.92. The Balaban J connectivity index is 0.00000400. The Morgan fingerprint density at radius 2 is 1.71 bits per heavy atom. The molecule has 1 fully saturated rings. The van der Waals surface area contributed by atoms with Crippen molar-refractivity contribution in [1.82, 2.24) is 4.90 Å². The van der Waals surface area contributed by atoms with Gasteiger partial charge in [-0.05, 0) is 80.2 Å². The highest BCUT2D eigenvalue weighted by atomic mass is 35.5. The second-order valence-corrected chi connectivity index (χ2v) is 9.33. The van der Waals surface area contributed by atoms with Gasteiger partial charge in [-0.2, -0.15) is 0 Å². The molecule has 0 bridgehead atoms. The summed E-state index contributed by atoms with van der Waals surface area (Å²) < 4.78 is 5.84. The van der Waals surface area contributed by atoms with Crippen LogP contribution in [0.2, 0.25) is 0 Å². The van der Waals surface area contributed by atoms with E-state index in [0.717, 1.165) is 37.1 Å². The van der Waals surface area contributed by atoms with Crippen molar-refractivity contribution in [2.75, 3.05) is 31.6 Å². The Labute approximate surface area is 228 Å². The first-order valence-corrected chi connectivity index (χ1v) is 12.4. The smallest absolute Gasteiger partial charge is 0.337 e. The van der Waals surface area contributed by atoms with E-state index in [9.17, 15) is 24.9 Å². The number of halogens is 1. The summed E-state index contributed by atoms with van der Waals surface area (Å²) in [6.45, 7) is 4.76. The number of nitrogens with zero attached hydrogens (tertiary/aromatic N) is 1. The number of hydrogen-bond acceptors (Lipinski definition) is 6. The second-order valence-electron chi connectivity index (χ2n) is 9.33. The van der Waals surface area contributed by atoms with E-state index in [1.165, 1.54) is 18.2 Å². The molecular weight excluding hydrogens is 508 g/mol. The largest absolute Gasteiger partial charge is 0.507 e. The number of phenolic OH excluding ortho intramolecular Hbond substituents is 1. The standard InChI is InChI=1S/C29H32N2O6.ClH/c1-19(32)20-11-13-31(14-12-20)15-16-37-23-8-10-27(33)25(18-23)28(34)30-26-17-22(7-9-24(26)29(35)36)21-5-3-2-4-6-21;/h2-10,17-20,32-33H,11-16H2,1H3,(H,30,34)(H,35,36);1H. The highest BCUT2D eigenvalue weighted by molar-refractivity contribution is 6.09.